The molecule has 0 fully saturated rings. The largest absolute Gasteiger partial charge is 0.494 e. The molecule has 0 aliphatic rings. The second-order valence-electron chi connectivity index (χ2n) is 6.22. The molecule has 0 heterocycles. The number of benzene rings is 2. The summed E-state index contributed by atoms with van der Waals surface area (Å²) in [5.41, 5.74) is 1.50. The first-order valence-corrected chi connectivity index (χ1v) is 9.40. The number of hydrogen-bond acceptors (Lipinski definition) is 4. The number of Topliss-reactive ketones (excluding diaryl/α,β-unsaturated/α-hetero) is 1. The summed E-state index contributed by atoms with van der Waals surface area (Å²) in [6.07, 6.45) is 1.04. The minimum atomic E-state index is -0.314. The van der Waals surface area contributed by atoms with Crippen molar-refractivity contribution in [3.05, 3.63) is 53.1 Å². The molecule has 0 spiro atoms. The van der Waals surface area contributed by atoms with Gasteiger partial charge in [0.25, 0.3) is 0 Å². The smallest absolute Gasteiger partial charge is 0.224 e. The van der Waals surface area contributed by atoms with Gasteiger partial charge in [-0.2, -0.15) is 0 Å². The third-order valence-electron chi connectivity index (χ3n) is 3.79. The minimum absolute atomic E-state index is 0.0384. The molecule has 6 nitrogen and oxygen atoms in total. The van der Waals surface area contributed by atoms with E-state index in [4.69, 9.17) is 16.3 Å². The molecule has 2 N–H and O–H groups in total. The zero-order valence-electron chi connectivity index (χ0n) is 15.9. The Morgan fingerprint density at radius 2 is 1.71 bits per heavy atom. The van der Waals surface area contributed by atoms with Crippen LogP contribution in [0.15, 0.2) is 42.5 Å². The first kappa shape index (κ1) is 21.4. The highest BCUT2D eigenvalue weighted by molar-refractivity contribution is 6.34. The van der Waals surface area contributed by atoms with Crippen molar-refractivity contribution in [2.45, 2.75) is 33.1 Å². The van der Waals surface area contributed by atoms with Crippen LogP contribution in [0.25, 0.3) is 0 Å². The summed E-state index contributed by atoms with van der Waals surface area (Å²) in [5, 5.41) is 5.58. The molecule has 2 aromatic rings. The molecule has 0 radical (unpaired) electrons. The molecule has 148 valence electrons. The molecule has 0 unspecified atom stereocenters. The Morgan fingerprint density at radius 3 is 2.32 bits per heavy atom. The van der Waals surface area contributed by atoms with E-state index in [1.165, 1.54) is 6.92 Å². The van der Waals surface area contributed by atoms with Gasteiger partial charge in [0, 0.05) is 31.0 Å². The number of halogens is 1. The van der Waals surface area contributed by atoms with Crippen LogP contribution in [0.3, 0.4) is 0 Å². The van der Waals surface area contributed by atoms with Crippen LogP contribution in [0.2, 0.25) is 5.02 Å². The molecule has 0 saturated heterocycles. The topological polar surface area (TPSA) is 84.5 Å². The minimum Gasteiger partial charge on any atom is -0.494 e. The van der Waals surface area contributed by atoms with Crippen LogP contribution < -0.4 is 15.4 Å². The maximum atomic E-state index is 12.3. The number of rotatable bonds is 9. The lowest BCUT2D eigenvalue weighted by molar-refractivity contribution is -0.116. The Labute approximate surface area is 169 Å². The van der Waals surface area contributed by atoms with Crippen molar-refractivity contribution in [3.8, 4) is 5.75 Å². The van der Waals surface area contributed by atoms with Gasteiger partial charge in [0.2, 0.25) is 11.8 Å². The predicted octanol–water partition coefficient (Wildman–Crippen LogP) is 4.69. The van der Waals surface area contributed by atoms with Crippen LogP contribution >= 0.6 is 11.6 Å². The maximum Gasteiger partial charge on any atom is 0.224 e. The Bertz CT molecular complexity index is 850. The van der Waals surface area contributed by atoms with Crippen molar-refractivity contribution < 1.29 is 19.1 Å². The van der Waals surface area contributed by atoms with Gasteiger partial charge in [-0.15, -0.1) is 0 Å². The van der Waals surface area contributed by atoms with Crippen LogP contribution in [0.1, 0.15) is 43.5 Å². The fourth-order valence-electron chi connectivity index (χ4n) is 2.44. The van der Waals surface area contributed by atoms with E-state index in [-0.39, 0.29) is 30.4 Å². The highest BCUT2D eigenvalue weighted by Crippen LogP contribution is 2.26. The second kappa shape index (κ2) is 10.5. The van der Waals surface area contributed by atoms with E-state index in [1.807, 2.05) is 6.92 Å². The van der Waals surface area contributed by atoms with E-state index in [1.54, 1.807) is 42.5 Å². The number of anilines is 2. The van der Waals surface area contributed by atoms with Crippen LogP contribution in [0, 0.1) is 0 Å². The van der Waals surface area contributed by atoms with E-state index in [0.717, 1.165) is 6.42 Å². The lowest BCUT2D eigenvalue weighted by atomic mass is 10.1. The number of amides is 2. The monoisotopic (exact) mass is 402 g/mol. The number of hydrogen-bond donors (Lipinski definition) is 2. The third-order valence-corrected chi connectivity index (χ3v) is 4.10. The lowest BCUT2D eigenvalue weighted by Crippen LogP contribution is -2.14. The van der Waals surface area contributed by atoms with Gasteiger partial charge >= 0.3 is 0 Å². The quantitative estimate of drug-likeness (QED) is 0.596. The van der Waals surface area contributed by atoms with Gasteiger partial charge < -0.3 is 15.4 Å². The zero-order valence-corrected chi connectivity index (χ0v) is 16.6. The number of nitrogens with one attached hydrogen (secondary N) is 2. The van der Waals surface area contributed by atoms with Crippen molar-refractivity contribution in [1.29, 1.82) is 0 Å². The zero-order chi connectivity index (χ0) is 20.5. The van der Waals surface area contributed by atoms with Gasteiger partial charge in [-0.1, -0.05) is 18.5 Å². The Kier molecular flexibility index (Phi) is 8.02. The van der Waals surface area contributed by atoms with E-state index < -0.39 is 0 Å². The Balaban J connectivity index is 1.86. The first-order chi connectivity index (χ1) is 13.4. The fraction of sp³-hybridized carbons (Fsp3) is 0.286. The van der Waals surface area contributed by atoms with Crippen LogP contribution in [-0.2, 0) is 9.59 Å². The highest BCUT2D eigenvalue weighted by Gasteiger charge is 2.11. The number of ether oxygens (including phenoxy) is 1. The highest BCUT2D eigenvalue weighted by atomic mass is 35.5. The first-order valence-electron chi connectivity index (χ1n) is 9.02. The number of carbonyl (C=O) groups is 3. The van der Waals surface area contributed by atoms with Gasteiger partial charge in [0.05, 0.1) is 17.3 Å². The molecule has 2 aromatic carbocycles. The van der Waals surface area contributed by atoms with Crippen LogP contribution in [0.5, 0.6) is 5.75 Å². The summed E-state index contributed by atoms with van der Waals surface area (Å²) in [7, 11) is 0. The molecule has 2 amide bonds. The standard InChI is InChI=1S/C21H23ClN2O4/c1-3-12-28-17-7-4-15(5-8-17)20(26)10-11-21(27)24-19-9-6-16(13-18(19)22)23-14(2)25/h4-9,13H,3,10-12H2,1-2H3,(H,23,25)(H,24,27). The molecule has 0 aliphatic heterocycles. The molecule has 0 saturated carbocycles. The number of carbonyl (C=O) groups excluding carboxylic acids is 3. The third kappa shape index (κ3) is 6.70. The molecule has 2 rings (SSSR count). The molecule has 0 aliphatic carbocycles. The van der Waals surface area contributed by atoms with Gasteiger partial charge in [0.1, 0.15) is 5.75 Å². The van der Waals surface area contributed by atoms with E-state index >= 15 is 0 Å². The summed E-state index contributed by atoms with van der Waals surface area (Å²) in [6, 6.07) is 11.7. The summed E-state index contributed by atoms with van der Waals surface area (Å²) in [4.78, 5) is 35.4. The number of ketones is 1. The average Bonchev–Trinajstić information content (AvgIpc) is 2.66. The van der Waals surface area contributed by atoms with Crippen molar-refractivity contribution >= 4 is 40.6 Å². The Morgan fingerprint density at radius 1 is 1.00 bits per heavy atom. The van der Waals surface area contributed by atoms with Gasteiger partial charge in [-0.05, 0) is 48.9 Å². The summed E-state index contributed by atoms with van der Waals surface area (Å²) in [6.45, 7) is 4.04. The maximum absolute atomic E-state index is 12.3. The molecule has 28 heavy (non-hydrogen) atoms. The molecule has 0 aromatic heterocycles. The summed E-state index contributed by atoms with van der Waals surface area (Å²) >= 11 is 6.12. The van der Waals surface area contributed by atoms with Gasteiger partial charge in [0.15, 0.2) is 5.78 Å². The SMILES string of the molecule is CCCOc1ccc(C(=O)CCC(=O)Nc2ccc(NC(C)=O)cc2Cl)cc1. The van der Waals surface area contributed by atoms with E-state index in [9.17, 15) is 14.4 Å². The van der Waals surface area contributed by atoms with Crippen LogP contribution in [-0.4, -0.2) is 24.2 Å². The fourth-order valence-corrected chi connectivity index (χ4v) is 2.67. The van der Waals surface area contributed by atoms with E-state index in [2.05, 4.69) is 10.6 Å². The van der Waals surface area contributed by atoms with Crippen molar-refractivity contribution in [2.24, 2.45) is 0 Å². The normalized spacial score (nSPS) is 10.2. The van der Waals surface area contributed by atoms with E-state index in [0.29, 0.717) is 34.3 Å². The summed E-state index contributed by atoms with van der Waals surface area (Å²) < 4.78 is 5.48. The predicted molar refractivity (Wildman–Crippen MR) is 110 cm³/mol. The van der Waals surface area contributed by atoms with Gasteiger partial charge in [-0.25, -0.2) is 0 Å². The molecular weight excluding hydrogens is 380 g/mol. The molecule has 0 bridgehead atoms. The molecule has 0 atom stereocenters. The molecule has 7 heteroatoms. The second-order valence-corrected chi connectivity index (χ2v) is 6.63. The summed E-state index contributed by atoms with van der Waals surface area (Å²) in [5.74, 6) is 0.0690. The van der Waals surface area contributed by atoms with Crippen LogP contribution in [0.4, 0.5) is 11.4 Å². The lowest BCUT2D eigenvalue weighted by Gasteiger charge is -2.09. The van der Waals surface area contributed by atoms with Crippen molar-refractivity contribution in [1.82, 2.24) is 0 Å². The van der Waals surface area contributed by atoms with Crippen molar-refractivity contribution in [2.75, 3.05) is 17.2 Å². The van der Waals surface area contributed by atoms with Crippen molar-refractivity contribution in [3.63, 3.8) is 0 Å². The molecular formula is C21H23ClN2O4. The Hall–Kier alpha value is -2.86. The average molecular weight is 403 g/mol. The van der Waals surface area contributed by atoms with Gasteiger partial charge in [-0.3, -0.25) is 14.4 Å².